The van der Waals surface area contributed by atoms with Gasteiger partial charge in [0.25, 0.3) is 5.91 Å². The van der Waals surface area contributed by atoms with Gasteiger partial charge in [-0.3, -0.25) is 4.79 Å². The predicted octanol–water partition coefficient (Wildman–Crippen LogP) is 2.41. The zero-order chi connectivity index (χ0) is 14.2. The molecule has 1 amide bonds. The van der Waals surface area contributed by atoms with Crippen molar-refractivity contribution >= 4 is 11.9 Å². The monoisotopic (exact) mass is 265 g/mol. The van der Waals surface area contributed by atoms with Crippen LogP contribution in [0.1, 0.15) is 53.9 Å². The van der Waals surface area contributed by atoms with Crippen LogP contribution in [0.3, 0.4) is 0 Å². The molecule has 19 heavy (non-hydrogen) atoms. The lowest BCUT2D eigenvalue weighted by Crippen LogP contribution is -2.29. The average Bonchev–Trinajstić information content (AvgIpc) is 2.91. The Hall–Kier alpha value is -1.78. The molecule has 0 aliphatic carbocycles. The van der Waals surface area contributed by atoms with Crippen molar-refractivity contribution < 1.29 is 19.1 Å². The molecule has 0 bridgehead atoms. The maximum absolute atomic E-state index is 12.3. The fraction of sp³-hybridized carbons (Fsp3) is 0.571. The van der Waals surface area contributed by atoms with E-state index >= 15 is 0 Å². The van der Waals surface area contributed by atoms with Gasteiger partial charge in [-0.05, 0) is 11.8 Å². The summed E-state index contributed by atoms with van der Waals surface area (Å²) >= 11 is 0. The quantitative estimate of drug-likeness (QED) is 0.911. The molecule has 0 radical (unpaired) electrons. The number of likely N-dealkylation sites (tertiary alicyclic amines) is 1. The Balaban J connectivity index is 2.23. The van der Waals surface area contributed by atoms with Crippen molar-refractivity contribution in [2.45, 2.75) is 33.6 Å². The Morgan fingerprint density at radius 2 is 2.16 bits per heavy atom. The molecule has 0 aromatic carbocycles. The molecular weight excluding hydrogens is 246 g/mol. The highest BCUT2D eigenvalue weighted by Gasteiger charge is 2.34. The first kappa shape index (κ1) is 13.6. The Bertz CT molecular complexity index is 516. The summed E-state index contributed by atoms with van der Waals surface area (Å²) in [6.45, 7) is 7.40. The van der Waals surface area contributed by atoms with Gasteiger partial charge >= 0.3 is 5.97 Å². The van der Waals surface area contributed by atoms with Gasteiger partial charge in [0, 0.05) is 25.6 Å². The third-order valence-electron chi connectivity index (χ3n) is 3.54. The first-order valence-electron chi connectivity index (χ1n) is 6.49. The Labute approximate surface area is 112 Å². The summed E-state index contributed by atoms with van der Waals surface area (Å²) in [5, 5.41) is 9.06. The molecule has 1 aromatic rings. The third kappa shape index (κ3) is 2.64. The second-order valence-corrected chi connectivity index (χ2v) is 5.75. The van der Waals surface area contributed by atoms with Crippen LogP contribution in [0.25, 0.3) is 0 Å². The van der Waals surface area contributed by atoms with Crippen molar-refractivity contribution in [2.75, 3.05) is 13.1 Å². The number of hydrogen-bond donors (Lipinski definition) is 1. The first-order valence-corrected chi connectivity index (χ1v) is 6.49. The smallest absolute Gasteiger partial charge is 0.339 e. The molecule has 2 rings (SSSR count). The molecule has 1 saturated heterocycles. The van der Waals surface area contributed by atoms with Gasteiger partial charge in [0.05, 0.1) is 0 Å². The number of carbonyl (C=O) groups is 2. The predicted molar refractivity (Wildman–Crippen MR) is 69.3 cm³/mol. The maximum Gasteiger partial charge on any atom is 0.339 e. The Morgan fingerprint density at radius 1 is 1.47 bits per heavy atom. The third-order valence-corrected chi connectivity index (χ3v) is 3.54. The van der Waals surface area contributed by atoms with E-state index in [0.29, 0.717) is 25.3 Å². The molecule has 0 spiro atoms. The van der Waals surface area contributed by atoms with E-state index in [9.17, 15) is 9.59 Å². The van der Waals surface area contributed by atoms with E-state index in [1.54, 1.807) is 11.8 Å². The van der Waals surface area contributed by atoms with Crippen LogP contribution in [0.15, 0.2) is 10.5 Å². The minimum Gasteiger partial charge on any atom is -0.478 e. The molecule has 0 atom stereocenters. The van der Waals surface area contributed by atoms with Crippen molar-refractivity contribution in [1.82, 2.24) is 4.90 Å². The molecule has 1 aromatic heterocycles. The second kappa shape index (κ2) is 4.72. The number of carboxylic acids is 1. The average molecular weight is 265 g/mol. The molecule has 5 heteroatoms. The van der Waals surface area contributed by atoms with Crippen LogP contribution < -0.4 is 0 Å². The molecule has 1 N–H and O–H groups in total. The summed E-state index contributed by atoms with van der Waals surface area (Å²) in [5.74, 6) is -0.782. The van der Waals surface area contributed by atoms with Crippen LogP contribution >= 0.6 is 0 Å². The number of rotatable bonds is 3. The molecule has 2 heterocycles. The summed E-state index contributed by atoms with van der Waals surface area (Å²) in [6.07, 6.45) is 1.41. The van der Waals surface area contributed by atoms with Crippen LogP contribution in [0, 0.1) is 5.41 Å². The van der Waals surface area contributed by atoms with Crippen LogP contribution in [0.4, 0.5) is 0 Å². The molecule has 0 unspecified atom stereocenters. The summed E-state index contributed by atoms with van der Waals surface area (Å²) in [6, 6.07) is 1.34. The fourth-order valence-corrected chi connectivity index (χ4v) is 2.42. The zero-order valence-electron chi connectivity index (χ0n) is 11.5. The minimum absolute atomic E-state index is 0.0873. The van der Waals surface area contributed by atoms with Crippen LogP contribution in [-0.2, 0) is 6.42 Å². The molecule has 5 nitrogen and oxygen atoms in total. The lowest BCUT2D eigenvalue weighted by atomic mass is 9.93. The maximum atomic E-state index is 12.3. The molecule has 1 aliphatic heterocycles. The number of furan rings is 1. The van der Waals surface area contributed by atoms with E-state index in [2.05, 4.69) is 13.8 Å². The van der Waals surface area contributed by atoms with Gasteiger partial charge in [0.2, 0.25) is 0 Å². The molecule has 104 valence electrons. The number of carboxylic acid groups (broad SMARTS) is 1. The minimum atomic E-state index is -1.05. The second-order valence-electron chi connectivity index (χ2n) is 5.75. The highest BCUT2D eigenvalue weighted by molar-refractivity contribution is 5.96. The van der Waals surface area contributed by atoms with Crippen molar-refractivity contribution in [2.24, 2.45) is 5.41 Å². The topological polar surface area (TPSA) is 70.8 Å². The molecule has 0 saturated carbocycles. The standard InChI is InChI=1S/C14H19NO4/c1-4-10-9(13(17)18)7-11(19-10)12(16)15-6-5-14(2,3)8-15/h7H,4-6,8H2,1-3H3,(H,17,18). The first-order chi connectivity index (χ1) is 8.84. The van der Waals surface area contributed by atoms with Gasteiger partial charge in [0.15, 0.2) is 5.76 Å². The van der Waals surface area contributed by atoms with Gasteiger partial charge in [0.1, 0.15) is 11.3 Å². The highest BCUT2D eigenvalue weighted by Crippen LogP contribution is 2.30. The largest absolute Gasteiger partial charge is 0.478 e. The van der Waals surface area contributed by atoms with E-state index in [4.69, 9.17) is 9.52 Å². The van der Waals surface area contributed by atoms with Gasteiger partial charge in [-0.1, -0.05) is 20.8 Å². The molecule has 1 aliphatic rings. The van der Waals surface area contributed by atoms with Gasteiger partial charge < -0.3 is 14.4 Å². The van der Waals surface area contributed by atoms with E-state index in [-0.39, 0.29) is 22.6 Å². The zero-order valence-corrected chi connectivity index (χ0v) is 11.5. The lowest BCUT2D eigenvalue weighted by molar-refractivity contribution is 0.0692. The van der Waals surface area contributed by atoms with Crippen molar-refractivity contribution in [3.8, 4) is 0 Å². The number of nitrogens with zero attached hydrogens (tertiary/aromatic N) is 1. The van der Waals surface area contributed by atoms with Crippen LogP contribution in [-0.4, -0.2) is 35.0 Å². The normalized spacial score (nSPS) is 17.7. The Morgan fingerprint density at radius 3 is 2.58 bits per heavy atom. The number of carbonyl (C=O) groups excluding carboxylic acids is 1. The van der Waals surface area contributed by atoms with Gasteiger partial charge in [-0.25, -0.2) is 4.79 Å². The van der Waals surface area contributed by atoms with E-state index < -0.39 is 5.97 Å². The highest BCUT2D eigenvalue weighted by atomic mass is 16.4. The summed E-state index contributed by atoms with van der Waals surface area (Å²) in [4.78, 5) is 25.1. The van der Waals surface area contributed by atoms with Gasteiger partial charge in [-0.15, -0.1) is 0 Å². The van der Waals surface area contributed by atoms with Crippen molar-refractivity contribution in [3.63, 3.8) is 0 Å². The van der Waals surface area contributed by atoms with Crippen LogP contribution in [0.2, 0.25) is 0 Å². The molecular formula is C14H19NO4. The number of hydrogen-bond acceptors (Lipinski definition) is 3. The Kier molecular flexibility index (Phi) is 3.39. The SMILES string of the molecule is CCc1oc(C(=O)N2CCC(C)(C)C2)cc1C(=O)O. The molecule has 1 fully saturated rings. The summed E-state index contributed by atoms with van der Waals surface area (Å²) in [5.41, 5.74) is 0.204. The number of amides is 1. The van der Waals surface area contributed by atoms with E-state index in [0.717, 1.165) is 6.42 Å². The van der Waals surface area contributed by atoms with Crippen molar-refractivity contribution in [1.29, 1.82) is 0 Å². The number of aromatic carboxylic acids is 1. The summed E-state index contributed by atoms with van der Waals surface area (Å²) in [7, 11) is 0. The van der Waals surface area contributed by atoms with E-state index in [1.807, 2.05) is 0 Å². The fourth-order valence-electron chi connectivity index (χ4n) is 2.42. The van der Waals surface area contributed by atoms with Crippen molar-refractivity contribution in [3.05, 3.63) is 23.2 Å². The lowest BCUT2D eigenvalue weighted by Gasteiger charge is -2.18. The van der Waals surface area contributed by atoms with E-state index in [1.165, 1.54) is 6.07 Å². The van der Waals surface area contributed by atoms with Gasteiger partial charge in [-0.2, -0.15) is 0 Å². The number of aryl methyl sites for hydroxylation is 1. The summed E-state index contributed by atoms with van der Waals surface area (Å²) < 4.78 is 5.40. The van der Waals surface area contributed by atoms with Crippen LogP contribution in [0.5, 0.6) is 0 Å².